The molecule has 0 amide bonds. The van der Waals surface area contributed by atoms with Gasteiger partial charge in [0.1, 0.15) is 17.5 Å². The summed E-state index contributed by atoms with van der Waals surface area (Å²) in [6, 6.07) is 11.0. The number of nitrogens with one attached hydrogen (secondary N) is 2. The number of ether oxygens (including phenoxy) is 2. The normalized spacial score (nSPS) is 14.6. The number of alkyl halides is 3. The first kappa shape index (κ1) is 37.4. The summed E-state index contributed by atoms with van der Waals surface area (Å²) in [6.07, 6.45) is -1.78. The lowest BCUT2D eigenvalue weighted by atomic mass is 10.1. The molecule has 3 atom stereocenters. The van der Waals surface area contributed by atoms with Crippen LogP contribution in [0.2, 0.25) is 5.02 Å². The molecule has 0 spiro atoms. The molecule has 0 aliphatic heterocycles. The Morgan fingerprint density at radius 2 is 1.74 bits per heavy atom. The van der Waals surface area contributed by atoms with Crippen LogP contribution >= 0.6 is 19.3 Å². The van der Waals surface area contributed by atoms with Gasteiger partial charge in [-0.15, -0.1) is 13.2 Å². The Bertz CT molecular complexity index is 1460. The molecule has 15 heteroatoms. The number of fused-ring (bicyclic) bond motifs is 1. The fourth-order valence-corrected chi connectivity index (χ4v) is 6.13. The van der Waals surface area contributed by atoms with Gasteiger partial charge in [-0.3, -0.25) is 14.3 Å². The molecular formula is C31H41ClF3N4O6P. The van der Waals surface area contributed by atoms with E-state index in [1.807, 2.05) is 31.2 Å². The maximum absolute atomic E-state index is 13.7. The Morgan fingerprint density at radius 1 is 1.04 bits per heavy atom. The largest absolute Gasteiger partial charge is 0.573 e. The van der Waals surface area contributed by atoms with E-state index < -0.39 is 38.0 Å². The van der Waals surface area contributed by atoms with Crippen LogP contribution in [-0.2, 0) is 18.6 Å². The molecule has 1 aromatic heterocycles. The van der Waals surface area contributed by atoms with Crippen molar-refractivity contribution in [3.8, 4) is 11.5 Å². The van der Waals surface area contributed by atoms with E-state index in [9.17, 15) is 22.5 Å². The lowest BCUT2D eigenvalue weighted by molar-refractivity contribution is -0.274. The van der Waals surface area contributed by atoms with Crippen LogP contribution < -0.4 is 19.7 Å². The zero-order chi connectivity index (χ0) is 33.9. The second-order valence-electron chi connectivity index (χ2n) is 10.9. The summed E-state index contributed by atoms with van der Waals surface area (Å²) >= 11 is 6.11. The van der Waals surface area contributed by atoms with Crippen LogP contribution in [0.1, 0.15) is 47.5 Å². The lowest BCUT2D eigenvalue weighted by Gasteiger charge is -2.26. The van der Waals surface area contributed by atoms with Gasteiger partial charge >= 0.3 is 20.1 Å². The third-order valence-electron chi connectivity index (χ3n) is 6.67. The van der Waals surface area contributed by atoms with Crippen molar-refractivity contribution >= 4 is 41.9 Å². The summed E-state index contributed by atoms with van der Waals surface area (Å²) in [7, 11) is -4.19. The standard InChI is InChI=1S/C31H41ClF3N4O6P/c1-6-39(17-7-8-22(4)37-28-15-16-36-29-20-24(32)9-14-27(28)29)18-19-42-46(41,38-23(5)30(40)43-21(2)3)45-26-12-10-25(11-13-26)44-31(33,34)35/h9-16,20-23H,6-8,17-19H2,1-5H3,(H,36,37)(H,38,41)/t22-,23+,46+/m1/s1. The molecule has 2 N–H and O–H groups in total. The molecule has 0 fully saturated rings. The molecule has 46 heavy (non-hydrogen) atoms. The van der Waals surface area contributed by atoms with E-state index in [-0.39, 0.29) is 18.4 Å². The zero-order valence-corrected chi connectivity index (χ0v) is 28.1. The molecule has 3 aromatic rings. The number of nitrogens with zero attached hydrogens (tertiary/aromatic N) is 2. The van der Waals surface area contributed by atoms with Gasteiger partial charge in [0, 0.05) is 34.9 Å². The quantitative estimate of drug-likeness (QED) is 0.101. The van der Waals surface area contributed by atoms with Crippen molar-refractivity contribution in [1.82, 2.24) is 15.0 Å². The van der Waals surface area contributed by atoms with Crippen molar-refractivity contribution in [1.29, 1.82) is 0 Å². The number of pyridine rings is 1. The smallest absolute Gasteiger partial charge is 0.462 e. The maximum atomic E-state index is 13.7. The Hall–Kier alpha value is -3.09. The highest BCUT2D eigenvalue weighted by molar-refractivity contribution is 7.52. The summed E-state index contributed by atoms with van der Waals surface area (Å²) < 4.78 is 71.7. The van der Waals surface area contributed by atoms with Gasteiger partial charge < -0.3 is 24.2 Å². The zero-order valence-electron chi connectivity index (χ0n) is 26.5. The number of aromatic nitrogens is 1. The highest BCUT2D eigenvalue weighted by atomic mass is 35.5. The SMILES string of the molecule is CCN(CCC[C@@H](C)Nc1ccnc2cc(Cl)ccc12)CCO[P@@](=O)(N[C@@H](C)C(=O)OC(C)C)Oc1ccc(OC(F)(F)F)cc1. The molecule has 10 nitrogen and oxygen atoms in total. The Balaban J connectivity index is 1.56. The minimum Gasteiger partial charge on any atom is -0.462 e. The van der Waals surface area contributed by atoms with Gasteiger partial charge in [-0.25, -0.2) is 4.57 Å². The first-order chi connectivity index (χ1) is 21.7. The number of rotatable bonds is 18. The minimum atomic E-state index is -4.86. The molecule has 1 heterocycles. The predicted molar refractivity (Wildman–Crippen MR) is 172 cm³/mol. The number of benzene rings is 2. The number of carbonyl (C=O) groups excluding carboxylic acids is 1. The van der Waals surface area contributed by atoms with E-state index in [0.29, 0.717) is 18.1 Å². The molecule has 3 rings (SSSR count). The molecular weight excluding hydrogens is 648 g/mol. The summed E-state index contributed by atoms with van der Waals surface area (Å²) in [4.78, 5) is 18.9. The number of hydrogen-bond donors (Lipinski definition) is 2. The van der Waals surface area contributed by atoms with Crippen LogP contribution in [0.5, 0.6) is 11.5 Å². The van der Waals surface area contributed by atoms with Crippen molar-refractivity contribution in [2.75, 3.05) is 31.6 Å². The summed E-state index contributed by atoms with van der Waals surface area (Å²) in [6.45, 7) is 10.7. The van der Waals surface area contributed by atoms with Gasteiger partial charge in [-0.05, 0) is 102 Å². The van der Waals surface area contributed by atoms with Crippen molar-refractivity contribution < 1.29 is 41.1 Å². The second kappa shape index (κ2) is 17.2. The number of halogens is 4. The van der Waals surface area contributed by atoms with E-state index in [0.717, 1.165) is 60.2 Å². The third-order valence-corrected chi connectivity index (χ3v) is 8.59. The topological polar surface area (TPSA) is 111 Å². The number of likely N-dealkylation sites (N-methyl/N-ethyl adjacent to an activating group) is 1. The monoisotopic (exact) mass is 688 g/mol. The van der Waals surface area contributed by atoms with Crippen LogP contribution in [-0.4, -0.2) is 66.6 Å². The Kier molecular flexibility index (Phi) is 14.0. The fourth-order valence-electron chi connectivity index (χ4n) is 4.48. The average Bonchev–Trinajstić information content (AvgIpc) is 2.96. The lowest BCUT2D eigenvalue weighted by Crippen LogP contribution is -2.37. The summed E-state index contributed by atoms with van der Waals surface area (Å²) in [5.41, 5.74) is 1.79. The van der Waals surface area contributed by atoms with Gasteiger partial charge in [0.25, 0.3) is 0 Å². The van der Waals surface area contributed by atoms with Crippen LogP contribution in [0.25, 0.3) is 10.9 Å². The summed E-state index contributed by atoms with van der Waals surface area (Å²) in [5, 5.41) is 7.74. The molecule has 0 bridgehead atoms. The Labute approximate surface area is 272 Å². The molecule has 2 aromatic carbocycles. The number of anilines is 1. The van der Waals surface area contributed by atoms with Crippen molar-refractivity contribution in [2.24, 2.45) is 0 Å². The van der Waals surface area contributed by atoms with Gasteiger partial charge in [0.15, 0.2) is 0 Å². The van der Waals surface area contributed by atoms with Gasteiger partial charge in [0.05, 0.1) is 18.2 Å². The number of esters is 1. The maximum Gasteiger partial charge on any atom is 0.573 e. The first-order valence-corrected chi connectivity index (χ1v) is 16.9. The molecule has 0 unspecified atom stereocenters. The molecule has 0 saturated heterocycles. The molecule has 254 valence electrons. The van der Waals surface area contributed by atoms with E-state index in [4.69, 9.17) is 25.4 Å². The molecule has 0 saturated carbocycles. The van der Waals surface area contributed by atoms with Crippen molar-refractivity contribution in [2.45, 2.75) is 72.0 Å². The summed E-state index contributed by atoms with van der Waals surface area (Å²) in [5.74, 6) is -1.19. The first-order valence-electron chi connectivity index (χ1n) is 15.0. The molecule has 0 aliphatic carbocycles. The van der Waals surface area contributed by atoms with Crippen LogP contribution in [0, 0.1) is 0 Å². The van der Waals surface area contributed by atoms with E-state index in [1.165, 1.54) is 6.92 Å². The van der Waals surface area contributed by atoms with E-state index in [2.05, 4.69) is 31.9 Å². The minimum absolute atomic E-state index is 0.0152. The van der Waals surface area contributed by atoms with E-state index in [1.54, 1.807) is 20.0 Å². The highest BCUT2D eigenvalue weighted by Gasteiger charge is 2.33. The van der Waals surface area contributed by atoms with Crippen molar-refractivity contribution in [3.05, 3.63) is 59.8 Å². The molecule has 0 radical (unpaired) electrons. The van der Waals surface area contributed by atoms with Gasteiger partial charge in [-0.1, -0.05) is 18.5 Å². The second-order valence-corrected chi connectivity index (χ2v) is 13.0. The Morgan fingerprint density at radius 3 is 2.39 bits per heavy atom. The van der Waals surface area contributed by atoms with Crippen LogP contribution in [0.4, 0.5) is 18.9 Å². The van der Waals surface area contributed by atoms with Crippen LogP contribution in [0.15, 0.2) is 54.7 Å². The van der Waals surface area contributed by atoms with Gasteiger partial charge in [-0.2, -0.15) is 5.09 Å². The predicted octanol–water partition coefficient (Wildman–Crippen LogP) is 7.82. The number of hydrogen-bond acceptors (Lipinski definition) is 9. The van der Waals surface area contributed by atoms with Crippen LogP contribution in [0.3, 0.4) is 0 Å². The molecule has 0 aliphatic rings. The fraction of sp³-hybridized carbons (Fsp3) is 0.484. The van der Waals surface area contributed by atoms with Crippen molar-refractivity contribution in [3.63, 3.8) is 0 Å². The average molecular weight is 689 g/mol. The van der Waals surface area contributed by atoms with Gasteiger partial charge in [0.2, 0.25) is 0 Å². The highest BCUT2D eigenvalue weighted by Crippen LogP contribution is 2.45. The number of carbonyl (C=O) groups is 1. The van der Waals surface area contributed by atoms with E-state index >= 15 is 0 Å². The third kappa shape index (κ3) is 12.6.